The molecule has 0 aromatic rings. The molecule has 0 spiro atoms. The fraction of sp³-hybridized carbons (Fsp3) is 0.667. The highest BCUT2D eigenvalue weighted by Crippen LogP contribution is 2.65. The van der Waals surface area contributed by atoms with E-state index in [1.807, 2.05) is 0 Å². The standard InChI is InChI=1S/C24H34/c1-6-17(3)20-9-10-21-19-8-7-18-15-16(2)11-13-23(18,4)22(19)12-14-24(20,21)5/h12,15,19-21H,2-3,6-11,13-14H2,1,4-5H3/t19?,20-,21?,23+,24-/m1/s1. The first-order valence-electron chi connectivity index (χ1n) is 10.2. The Hall–Kier alpha value is -1.04. The zero-order chi connectivity index (χ0) is 17.1. The van der Waals surface area contributed by atoms with Crippen molar-refractivity contribution < 1.29 is 0 Å². The fourth-order valence-corrected chi connectivity index (χ4v) is 6.86. The molecule has 0 heteroatoms. The smallest absolute Gasteiger partial charge is 0.0101 e. The van der Waals surface area contributed by atoms with Crippen LogP contribution in [-0.2, 0) is 0 Å². The molecule has 4 aliphatic carbocycles. The Kier molecular flexibility index (Phi) is 3.75. The van der Waals surface area contributed by atoms with Crippen LogP contribution < -0.4 is 0 Å². The molecule has 4 aliphatic rings. The summed E-state index contributed by atoms with van der Waals surface area (Å²) in [6.07, 6.45) is 15.5. The number of allylic oxidation sites excluding steroid dienone is 6. The lowest BCUT2D eigenvalue weighted by atomic mass is 9.51. The normalized spacial score (nSPS) is 44.1. The number of fused-ring (bicyclic) bond motifs is 5. The Morgan fingerprint density at radius 2 is 2.00 bits per heavy atom. The maximum absolute atomic E-state index is 4.44. The minimum atomic E-state index is 0.339. The van der Waals surface area contributed by atoms with Crippen molar-refractivity contribution >= 4 is 0 Å². The van der Waals surface area contributed by atoms with Crippen LogP contribution in [0, 0.1) is 28.6 Å². The molecule has 0 aliphatic heterocycles. The highest BCUT2D eigenvalue weighted by Gasteiger charge is 2.55. The van der Waals surface area contributed by atoms with Gasteiger partial charge in [0.1, 0.15) is 0 Å². The van der Waals surface area contributed by atoms with Crippen LogP contribution in [-0.4, -0.2) is 0 Å². The summed E-state index contributed by atoms with van der Waals surface area (Å²) >= 11 is 0. The van der Waals surface area contributed by atoms with E-state index < -0.39 is 0 Å². The van der Waals surface area contributed by atoms with E-state index in [2.05, 4.69) is 46.1 Å². The van der Waals surface area contributed by atoms with Crippen LogP contribution in [0.1, 0.15) is 72.1 Å². The summed E-state index contributed by atoms with van der Waals surface area (Å²) in [7, 11) is 0. The van der Waals surface area contributed by atoms with E-state index in [0.717, 1.165) is 24.2 Å². The molecule has 0 heterocycles. The lowest BCUT2D eigenvalue weighted by Crippen LogP contribution is -2.44. The second-order valence-electron chi connectivity index (χ2n) is 9.42. The highest BCUT2D eigenvalue weighted by molar-refractivity contribution is 5.43. The number of hydrogen-bond donors (Lipinski definition) is 0. The predicted octanol–water partition coefficient (Wildman–Crippen LogP) is 7.01. The van der Waals surface area contributed by atoms with E-state index >= 15 is 0 Å². The molecular weight excluding hydrogens is 288 g/mol. The van der Waals surface area contributed by atoms with Crippen LogP contribution in [0.3, 0.4) is 0 Å². The quantitative estimate of drug-likeness (QED) is 0.480. The van der Waals surface area contributed by atoms with E-state index in [4.69, 9.17) is 0 Å². The van der Waals surface area contributed by atoms with E-state index in [1.54, 1.807) is 11.1 Å². The lowest BCUT2D eigenvalue weighted by molar-refractivity contribution is 0.0963. The van der Waals surface area contributed by atoms with Gasteiger partial charge in [0.25, 0.3) is 0 Å². The van der Waals surface area contributed by atoms with Crippen molar-refractivity contribution in [2.75, 3.05) is 0 Å². The molecule has 0 aromatic carbocycles. The largest absolute Gasteiger partial charge is 0.0996 e. The van der Waals surface area contributed by atoms with Crippen LogP contribution in [0.15, 0.2) is 47.6 Å². The van der Waals surface area contributed by atoms with E-state index in [-0.39, 0.29) is 0 Å². The van der Waals surface area contributed by atoms with Crippen molar-refractivity contribution in [2.45, 2.75) is 72.1 Å². The average molecular weight is 323 g/mol. The molecule has 0 amide bonds. The van der Waals surface area contributed by atoms with Crippen LogP contribution in [0.4, 0.5) is 0 Å². The van der Waals surface area contributed by atoms with Gasteiger partial charge in [0.15, 0.2) is 0 Å². The first kappa shape index (κ1) is 16.4. The first-order valence-corrected chi connectivity index (χ1v) is 10.2. The van der Waals surface area contributed by atoms with Crippen LogP contribution in [0.2, 0.25) is 0 Å². The third-order valence-electron chi connectivity index (χ3n) is 8.40. The SMILES string of the molecule is C=C1C=C2CCC3C(=CC[C@@]4(C)C3CC[C@@H]4C(=C)CC)[C@@]2(C)CC1. The van der Waals surface area contributed by atoms with Crippen molar-refractivity contribution in [3.8, 4) is 0 Å². The Morgan fingerprint density at radius 1 is 1.21 bits per heavy atom. The van der Waals surface area contributed by atoms with Gasteiger partial charge in [-0.25, -0.2) is 0 Å². The van der Waals surface area contributed by atoms with Gasteiger partial charge in [0.05, 0.1) is 0 Å². The van der Waals surface area contributed by atoms with Gasteiger partial charge in [0, 0.05) is 5.41 Å². The van der Waals surface area contributed by atoms with Gasteiger partial charge in [0.2, 0.25) is 0 Å². The minimum absolute atomic E-state index is 0.339. The Balaban J connectivity index is 1.72. The molecule has 0 radical (unpaired) electrons. The van der Waals surface area contributed by atoms with Crippen LogP contribution in [0.5, 0.6) is 0 Å². The van der Waals surface area contributed by atoms with Gasteiger partial charge in [-0.05, 0) is 74.5 Å². The van der Waals surface area contributed by atoms with Crippen molar-refractivity contribution in [2.24, 2.45) is 28.6 Å². The van der Waals surface area contributed by atoms with E-state index in [1.165, 1.54) is 56.1 Å². The topological polar surface area (TPSA) is 0 Å². The Bertz CT molecular complexity index is 645. The maximum Gasteiger partial charge on any atom is 0.0101 e. The molecule has 5 atom stereocenters. The summed E-state index contributed by atoms with van der Waals surface area (Å²) in [5.74, 6) is 2.46. The molecule has 2 saturated carbocycles. The summed E-state index contributed by atoms with van der Waals surface area (Å²) in [5, 5.41) is 0. The van der Waals surface area contributed by atoms with Gasteiger partial charge in [-0.2, -0.15) is 0 Å². The molecule has 130 valence electrons. The second-order valence-corrected chi connectivity index (χ2v) is 9.42. The average Bonchev–Trinajstić information content (AvgIpc) is 2.92. The molecule has 4 rings (SSSR count). The van der Waals surface area contributed by atoms with Gasteiger partial charge in [-0.3, -0.25) is 0 Å². The highest BCUT2D eigenvalue weighted by atomic mass is 14.6. The van der Waals surface area contributed by atoms with Crippen molar-refractivity contribution in [3.05, 3.63) is 47.6 Å². The summed E-state index contributed by atoms with van der Waals surface area (Å²) < 4.78 is 0. The van der Waals surface area contributed by atoms with Crippen molar-refractivity contribution in [3.63, 3.8) is 0 Å². The van der Waals surface area contributed by atoms with Gasteiger partial charge in [-0.15, -0.1) is 0 Å². The Labute approximate surface area is 148 Å². The number of hydrogen-bond acceptors (Lipinski definition) is 0. The fourth-order valence-electron chi connectivity index (χ4n) is 6.86. The molecule has 0 bridgehead atoms. The van der Waals surface area contributed by atoms with E-state index in [0.29, 0.717) is 10.8 Å². The van der Waals surface area contributed by atoms with Gasteiger partial charge in [-0.1, -0.05) is 68.4 Å². The van der Waals surface area contributed by atoms with Gasteiger partial charge >= 0.3 is 0 Å². The molecule has 0 aromatic heterocycles. The summed E-state index contributed by atoms with van der Waals surface area (Å²) in [6.45, 7) is 16.1. The van der Waals surface area contributed by atoms with Crippen LogP contribution >= 0.6 is 0 Å². The molecule has 2 fully saturated rings. The van der Waals surface area contributed by atoms with Crippen LogP contribution in [0.25, 0.3) is 0 Å². The molecular formula is C24H34. The summed E-state index contributed by atoms with van der Waals surface area (Å²) in [4.78, 5) is 0. The monoisotopic (exact) mass is 322 g/mol. The third kappa shape index (κ3) is 2.11. The molecule has 0 saturated heterocycles. The summed E-state index contributed by atoms with van der Waals surface area (Å²) in [6, 6.07) is 0. The second kappa shape index (κ2) is 5.48. The molecule has 24 heavy (non-hydrogen) atoms. The lowest BCUT2D eigenvalue weighted by Gasteiger charge is -2.54. The molecule has 0 nitrogen and oxygen atoms in total. The van der Waals surface area contributed by atoms with Gasteiger partial charge < -0.3 is 0 Å². The maximum atomic E-state index is 4.44. The van der Waals surface area contributed by atoms with Crippen molar-refractivity contribution in [1.29, 1.82) is 0 Å². The Morgan fingerprint density at radius 3 is 2.75 bits per heavy atom. The number of rotatable bonds is 2. The summed E-state index contributed by atoms with van der Waals surface area (Å²) in [5.41, 5.74) is 7.15. The zero-order valence-corrected chi connectivity index (χ0v) is 16.0. The first-order chi connectivity index (χ1) is 11.4. The van der Waals surface area contributed by atoms with E-state index in [9.17, 15) is 0 Å². The third-order valence-corrected chi connectivity index (χ3v) is 8.40. The zero-order valence-electron chi connectivity index (χ0n) is 16.0. The minimum Gasteiger partial charge on any atom is -0.0996 e. The molecule has 2 unspecified atom stereocenters. The van der Waals surface area contributed by atoms with Crippen molar-refractivity contribution in [1.82, 2.24) is 0 Å². The predicted molar refractivity (Wildman–Crippen MR) is 104 cm³/mol. The molecule has 0 N–H and O–H groups in total.